The molecule has 3 rings (SSSR count). The maximum atomic E-state index is 12.6. The van der Waals surface area contributed by atoms with Gasteiger partial charge in [0.25, 0.3) is 0 Å². The van der Waals surface area contributed by atoms with Crippen LogP contribution in [0.5, 0.6) is 0 Å². The van der Waals surface area contributed by atoms with Crippen LogP contribution in [0.15, 0.2) is 17.3 Å². The van der Waals surface area contributed by atoms with E-state index in [4.69, 9.17) is 5.73 Å². The predicted molar refractivity (Wildman–Crippen MR) is 75.3 cm³/mol. The number of hydrogen-bond acceptors (Lipinski definition) is 5. The van der Waals surface area contributed by atoms with Crippen molar-refractivity contribution in [2.45, 2.75) is 37.0 Å². The highest BCUT2D eigenvalue weighted by molar-refractivity contribution is 7.89. The second-order valence-electron chi connectivity index (χ2n) is 5.73. The van der Waals surface area contributed by atoms with Crippen molar-refractivity contribution in [3.63, 3.8) is 0 Å². The number of fused-ring (bicyclic) bond motifs is 1. The van der Waals surface area contributed by atoms with Crippen LogP contribution in [0.2, 0.25) is 0 Å². The fourth-order valence-corrected chi connectivity index (χ4v) is 4.80. The molecule has 2 aliphatic rings. The maximum absolute atomic E-state index is 12.6. The van der Waals surface area contributed by atoms with Crippen molar-refractivity contribution in [3.05, 3.63) is 12.4 Å². The van der Waals surface area contributed by atoms with Gasteiger partial charge in [-0.05, 0) is 24.7 Å². The Morgan fingerprint density at radius 3 is 2.45 bits per heavy atom. The van der Waals surface area contributed by atoms with Crippen LogP contribution < -0.4 is 5.73 Å². The number of piperidine rings is 1. The van der Waals surface area contributed by atoms with Crippen LogP contribution in [-0.4, -0.2) is 35.8 Å². The zero-order valence-electron chi connectivity index (χ0n) is 11.4. The Bertz CT molecular complexity index is 573. The highest BCUT2D eigenvalue weighted by atomic mass is 32.2. The molecule has 1 aromatic rings. The average molecular weight is 296 g/mol. The summed E-state index contributed by atoms with van der Waals surface area (Å²) in [6.07, 6.45) is 8.48. The van der Waals surface area contributed by atoms with E-state index in [1.165, 1.54) is 31.7 Å². The molecule has 2 atom stereocenters. The molecule has 2 heterocycles. The Morgan fingerprint density at radius 1 is 1.10 bits per heavy atom. The summed E-state index contributed by atoms with van der Waals surface area (Å²) in [5, 5.41) is 0. The average Bonchev–Trinajstić information content (AvgIpc) is 2.47. The van der Waals surface area contributed by atoms with Gasteiger partial charge in [0.1, 0.15) is 4.90 Å². The van der Waals surface area contributed by atoms with Crippen LogP contribution in [0.1, 0.15) is 32.1 Å². The fourth-order valence-electron chi connectivity index (χ4n) is 3.39. The highest BCUT2D eigenvalue weighted by Gasteiger charge is 2.36. The first kappa shape index (κ1) is 13.8. The molecule has 0 spiro atoms. The first-order valence-corrected chi connectivity index (χ1v) is 8.59. The van der Waals surface area contributed by atoms with Gasteiger partial charge in [-0.3, -0.25) is 0 Å². The van der Waals surface area contributed by atoms with E-state index in [0.29, 0.717) is 24.9 Å². The van der Waals surface area contributed by atoms with Crippen LogP contribution in [0.3, 0.4) is 0 Å². The molecule has 0 bridgehead atoms. The summed E-state index contributed by atoms with van der Waals surface area (Å²) in [4.78, 5) is 7.70. The Balaban J connectivity index is 1.79. The van der Waals surface area contributed by atoms with E-state index in [0.717, 1.165) is 12.8 Å². The number of aromatic nitrogens is 2. The largest absolute Gasteiger partial charge is 0.368 e. The van der Waals surface area contributed by atoms with Gasteiger partial charge in [-0.25, -0.2) is 18.4 Å². The summed E-state index contributed by atoms with van der Waals surface area (Å²) in [7, 11) is -3.48. The smallest absolute Gasteiger partial charge is 0.246 e. The van der Waals surface area contributed by atoms with Gasteiger partial charge in [-0.2, -0.15) is 4.31 Å². The Morgan fingerprint density at radius 2 is 1.75 bits per heavy atom. The third kappa shape index (κ3) is 2.52. The Hall–Kier alpha value is -1.21. The molecule has 2 fully saturated rings. The monoisotopic (exact) mass is 296 g/mol. The van der Waals surface area contributed by atoms with Gasteiger partial charge in [0.05, 0.1) is 12.4 Å². The minimum absolute atomic E-state index is 0.0925. The van der Waals surface area contributed by atoms with Crippen LogP contribution in [-0.2, 0) is 10.0 Å². The summed E-state index contributed by atoms with van der Waals surface area (Å²) in [5.74, 6) is 1.31. The van der Waals surface area contributed by atoms with Crippen molar-refractivity contribution < 1.29 is 8.42 Å². The topological polar surface area (TPSA) is 89.2 Å². The second-order valence-corrected chi connectivity index (χ2v) is 7.67. The summed E-state index contributed by atoms with van der Waals surface area (Å²) < 4.78 is 26.7. The molecule has 110 valence electrons. The van der Waals surface area contributed by atoms with Crippen LogP contribution >= 0.6 is 0 Å². The lowest BCUT2D eigenvalue weighted by Gasteiger charge is -2.40. The molecular weight excluding hydrogens is 276 g/mol. The summed E-state index contributed by atoms with van der Waals surface area (Å²) in [6, 6.07) is 0. The number of rotatable bonds is 2. The molecule has 1 saturated heterocycles. The fraction of sp³-hybridized carbons (Fsp3) is 0.692. The van der Waals surface area contributed by atoms with Gasteiger partial charge in [-0.1, -0.05) is 19.3 Å². The van der Waals surface area contributed by atoms with Gasteiger partial charge < -0.3 is 5.73 Å². The number of nitrogens with zero attached hydrogens (tertiary/aromatic N) is 3. The third-order valence-electron chi connectivity index (χ3n) is 4.54. The molecule has 2 unspecified atom stereocenters. The van der Waals surface area contributed by atoms with E-state index in [-0.39, 0.29) is 10.8 Å². The van der Waals surface area contributed by atoms with Crippen LogP contribution in [0.25, 0.3) is 0 Å². The minimum Gasteiger partial charge on any atom is -0.368 e. The lowest BCUT2D eigenvalue weighted by atomic mass is 9.76. The maximum Gasteiger partial charge on any atom is 0.246 e. The molecule has 0 radical (unpaired) electrons. The lowest BCUT2D eigenvalue weighted by Crippen LogP contribution is -2.44. The van der Waals surface area contributed by atoms with Gasteiger partial charge in [-0.15, -0.1) is 0 Å². The molecule has 1 aliphatic heterocycles. The molecule has 1 saturated carbocycles. The number of nitrogens with two attached hydrogens (primary N) is 1. The van der Waals surface area contributed by atoms with Crippen molar-refractivity contribution in [2.24, 2.45) is 11.8 Å². The van der Waals surface area contributed by atoms with Crippen LogP contribution in [0.4, 0.5) is 5.95 Å². The van der Waals surface area contributed by atoms with Gasteiger partial charge in [0.15, 0.2) is 0 Å². The van der Waals surface area contributed by atoms with Gasteiger partial charge in [0, 0.05) is 13.1 Å². The zero-order valence-corrected chi connectivity index (χ0v) is 12.2. The Kier molecular flexibility index (Phi) is 3.64. The van der Waals surface area contributed by atoms with Crippen molar-refractivity contribution in [1.29, 1.82) is 0 Å². The van der Waals surface area contributed by atoms with E-state index < -0.39 is 10.0 Å². The first-order chi connectivity index (χ1) is 9.57. The molecule has 1 aliphatic carbocycles. The standard InChI is InChI=1S/C13H20N4O2S/c14-13-15-7-12(8-16-13)20(18,19)17-6-5-10-3-1-2-4-11(10)9-17/h7-8,10-11H,1-6,9H2,(H2,14,15,16). The summed E-state index contributed by atoms with van der Waals surface area (Å²) in [6.45, 7) is 1.24. The van der Waals surface area contributed by atoms with E-state index >= 15 is 0 Å². The molecule has 7 heteroatoms. The first-order valence-electron chi connectivity index (χ1n) is 7.15. The van der Waals surface area contributed by atoms with E-state index in [1.54, 1.807) is 4.31 Å². The quantitative estimate of drug-likeness (QED) is 0.887. The van der Waals surface area contributed by atoms with Crippen molar-refractivity contribution in [1.82, 2.24) is 14.3 Å². The third-order valence-corrected chi connectivity index (χ3v) is 6.36. The van der Waals surface area contributed by atoms with E-state index in [9.17, 15) is 8.42 Å². The second kappa shape index (κ2) is 5.29. The van der Waals surface area contributed by atoms with Crippen LogP contribution in [0, 0.1) is 11.8 Å². The predicted octanol–water partition coefficient (Wildman–Crippen LogP) is 1.26. The number of nitrogen functional groups attached to an aromatic ring is 1. The number of sulfonamides is 1. The van der Waals surface area contributed by atoms with Crippen molar-refractivity contribution in [2.75, 3.05) is 18.8 Å². The number of hydrogen-bond donors (Lipinski definition) is 1. The van der Waals surface area contributed by atoms with Gasteiger partial charge >= 0.3 is 0 Å². The summed E-state index contributed by atoms with van der Waals surface area (Å²) in [5.41, 5.74) is 5.41. The molecule has 0 aromatic carbocycles. The van der Waals surface area contributed by atoms with Crippen molar-refractivity contribution in [3.8, 4) is 0 Å². The van der Waals surface area contributed by atoms with Gasteiger partial charge in [0.2, 0.25) is 16.0 Å². The van der Waals surface area contributed by atoms with E-state index in [2.05, 4.69) is 9.97 Å². The molecule has 0 amide bonds. The molecule has 20 heavy (non-hydrogen) atoms. The SMILES string of the molecule is Nc1ncc(S(=O)(=O)N2CCC3CCCCC3C2)cn1. The molecule has 6 nitrogen and oxygen atoms in total. The lowest BCUT2D eigenvalue weighted by molar-refractivity contribution is 0.136. The van der Waals surface area contributed by atoms with E-state index in [1.807, 2.05) is 0 Å². The summed E-state index contributed by atoms with van der Waals surface area (Å²) >= 11 is 0. The molecule has 1 aromatic heterocycles. The molecule has 2 N–H and O–H groups in total. The highest BCUT2D eigenvalue weighted by Crippen LogP contribution is 2.37. The number of anilines is 1. The Labute approximate surface area is 119 Å². The molecular formula is C13H20N4O2S. The minimum atomic E-state index is -3.48. The van der Waals surface area contributed by atoms with Crippen molar-refractivity contribution >= 4 is 16.0 Å². The normalized spacial score (nSPS) is 28.0. The zero-order chi connectivity index (χ0) is 14.2.